The van der Waals surface area contributed by atoms with E-state index >= 15 is 0 Å². The summed E-state index contributed by atoms with van der Waals surface area (Å²) in [5, 5.41) is 12.2. The Morgan fingerprint density at radius 3 is 2.43 bits per heavy atom. The maximum Gasteiger partial charge on any atom is 0.355 e. The highest BCUT2D eigenvalue weighted by molar-refractivity contribution is 5.99. The van der Waals surface area contributed by atoms with Crippen molar-refractivity contribution < 1.29 is 23.9 Å². The van der Waals surface area contributed by atoms with E-state index in [0.29, 0.717) is 24.1 Å². The lowest BCUT2D eigenvalue weighted by atomic mass is 9.83. The summed E-state index contributed by atoms with van der Waals surface area (Å²) >= 11 is 0. The molecule has 1 fully saturated rings. The maximum atomic E-state index is 12.5. The van der Waals surface area contributed by atoms with Gasteiger partial charge in [0.05, 0.1) is 18.2 Å². The van der Waals surface area contributed by atoms with Crippen molar-refractivity contribution in [3.05, 3.63) is 22.5 Å². The molecule has 1 aliphatic rings. The topological polar surface area (TPSA) is 121 Å². The molecule has 1 heterocycles. The molecule has 152 valence electrons. The van der Waals surface area contributed by atoms with E-state index in [1.54, 1.807) is 20.8 Å². The number of hydrogen-bond donors (Lipinski definition) is 2. The van der Waals surface area contributed by atoms with E-state index in [4.69, 9.17) is 9.47 Å². The fraction of sp³-hybridized carbons (Fsp3) is 0.600. The molecule has 0 unspecified atom stereocenters. The van der Waals surface area contributed by atoms with Gasteiger partial charge in [0.15, 0.2) is 6.10 Å². The Morgan fingerprint density at radius 1 is 1.21 bits per heavy atom. The van der Waals surface area contributed by atoms with Gasteiger partial charge in [0.25, 0.3) is 5.91 Å². The highest BCUT2D eigenvalue weighted by atomic mass is 16.5. The Bertz CT molecular complexity index is 799. The van der Waals surface area contributed by atoms with Crippen LogP contribution in [0.2, 0.25) is 0 Å². The van der Waals surface area contributed by atoms with E-state index in [-0.39, 0.29) is 17.9 Å². The minimum absolute atomic E-state index is 0.105. The van der Waals surface area contributed by atoms with Gasteiger partial charge in [0, 0.05) is 5.69 Å². The first kappa shape index (κ1) is 21.5. The zero-order valence-electron chi connectivity index (χ0n) is 16.8. The van der Waals surface area contributed by atoms with E-state index < -0.39 is 29.5 Å². The molecule has 8 heteroatoms. The van der Waals surface area contributed by atoms with Gasteiger partial charge in [-0.15, -0.1) is 0 Å². The molecule has 0 aliphatic heterocycles. The SMILES string of the molecule is CCOC(=O)c1c(C)[nH]c(C(=O)O[C@@H](C)C(=O)NC2(C#N)CCCCC2)c1C. The second-order valence-corrected chi connectivity index (χ2v) is 7.14. The second-order valence-electron chi connectivity index (χ2n) is 7.14. The van der Waals surface area contributed by atoms with Crippen LogP contribution in [-0.4, -0.2) is 41.1 Å². The molecule has 0 spiro atoms. The Kier molecular flexibility index (Phi) is 6.84. The van der Waals surface area contributed by atoms with Crippen LogP contribution in [0.1, 0.15) is 78.1 Å². The smallest absolute Gasteiger partial charge is 0.355 e. The Balaban J connectivity index is 2.08. The molecule has 0 aromatic carbocycles. The highest BCUT2D eigenvalue weighted by Gasteiger charge is 2.36. The number of nitrogens with one attached hydrogen (secondary N) is 2. The molecular weight excluding hydrogens is 362 g/mol. The zero-order valence-corrected chi connectivity index (χ0v) is 16.8. The molecule has 2 rings (SSSR count). The standard InChI is InChI=1S/C20H27N3O5/c1-5-27-18(25)15-12(2)16(22-13(15)3)19(26)28-14(4)17(24)23-20(11-21)9-7-6-8-10-20/h14,22H,5-10H2,1-4H3,(H,23,24)/t14-/m0/s1. The van der Waals surface area contributed by atoms with E-state index in [1.165, 1.54) is 6.92 Å². The molecule has 1 atom stereocenters. The van der Waals surface area contributed by atoms with Gasteiger partial charge in [-0.05, 0) is 46.1 Å². The molecular formula is C20H27N3O5. The number of aromatic amines is 1. The van der Waals surface area contributed by atoms with Gasteiger partial charge < -0.3 is 19.8 Å². The number of esters is 2. The number of hydrogen-bond acceptors (Lipinski definition) is 6. The van der Waals surface area contributed by atoms with E-state index in [0.717, 1.165) is 19.3 Å². The van der Waals surface area contributed by atoms with E-state index in [9.17, 15) is 19.6 Å². The third-order valence-electron chi connectivity index (χ3n) is 5.06. The molecule has 0 saturated heterocycles. The Morgan fingerprint density at radius 2 is 1.86 bits per heavy atom. The maximum absolute atomic E-state index is 12.5. The molecule has 1 amide bonds. The lowest BCUT2D eigenvalue weighted by Crippen LogP contribution is -2.52. The predicted molar refractivity (Wildman–Crippen MR) is 101 cm³/mol. The van der Waals surface area contributed by atoms with Crippen molar-refractivity contribution in [1.82, 2.24) is 10.3 Å². The molecule has 2 N–H and O–H groups in total. The summed E-state index contributed by atoms with van der Waals surface area (Å²) < 4.78 is 10.3. The molecule has 1 aliphatic carbocycles. The van der Waals surface area contributed by atoms with Crippen LogP contribution in [-0.2, 0) is 14.3 Å². The summed E-state index contributed by atoms with van der Waals surface area (Å²) in [5.74, 6) is -1.77. The Labute approximate surface area is 164 Å². The summed E-state index contributed by atoms with van der Waals surface area (Å²) in [6, 6.07) is 2.20. The van der Waals surface area contributed by atoms with Crippen molar-refractivity contribution in [3.8, 4) is 6.07 Å². The van der Waals surface area contributed by atoms with Crippen LogP contribution in [0.15, 0.2) is 0 Å². The molecule has 1 aromatic rings. The second kappa shape index (κ2) is 8.91. The number of carbonyl (C=O) groups is 3. The van der Waals surface area contributed by atoms with Crippen LogP contribution in [0.3, 0.4) is 0 Å². The number of amides is 1. The largest absolute Gasteiger partial charge is 0.462 e. The third-order valence-corrected chi connectivity index (χ3v) is 5.06. The molecule has 28 heavy (non-hydrogen) atoms. The third kappa shape index (κ3) is 4.53. The summed E-state index contributed by atoms with van der Waals surface area (Å²) in [6.45, 7) is 6.65. The number of aryl methyl sites for hydroxylation is 1. The molecule has 8 nitrogen and oxygen atoms in total. The number of ether oxygens (including phenoxy) is 2. The molecule has 0 bridgehead atoms. The summed E-state index contributed by atoms with van der Waals surface area (Å²) in [6.07, 6.45) is 2.90. The van der Waals surface area contributed by atoms with Crippen LogP contribution < -0.4 is 5.32 Å². The van der Waals surface area contributed by atoms with Crippen LogP contribution >= 0.6 is 0 Å². The zero-order chi connectivity index (χ0) is 20.9. The first-order valence-corrected chi connectivity index (χ1v) is 9.55. The van der Waals surface area contributed by atoms with Gasteiger partial charge in [0.1, 0.15) is 11.2 Å². The van der Waals surface area contributed by atoms with Crippen molar-refractivity contribution in [2.75, 3.05) is 6.61 Å². The number of rotatable bonds is 6. The van der Waals surface area contributed by atoms with Gasteiger partial charge >= 0.3 is 11.9 Å². The number of H-pyrrole nitrogens is 1. The first-order chi connectivity index (χ1) is 13.2. The Hall–Kier alpha value is -2.82. The lowest BCUT2D eigenvalue weighted by Gasteiger charge is -2.32. The van der Waals surface area contributed by atoms with Gasteiger partial charge in [-0.3, -0.25) is 4.79 Å². The van der Waals surface area contributed by atoms with Crippen molar-refractivity contribution in [2.24, 2.45) is 0 Å². The van der Waals surface area contributed by atoms with Gasteiger partial charge in [0.2, 0.25) is 0 Å². The molecule has 1 saturated carbocycles. The minimum atomic E-state index is -1.08. The fourth-order valence-electron chi connectivity index (χ4n) is 3.49. The average Bonchev–Trinajstić information content (AvgIpc) is 2.97. The van der Waals surface area contributed by atoms with Gasteiger partial charge in [-0.25, -0.2) is 9.59 Å². The van der Waals surface area contributed by atoms with E-state index in [1.807, 2.05) is 0 Å². The number of carbonyl (C=O) groups excluding carboxylic acids is 3. The van der Waals surface area contributed by atoms with Crippen molar-refractivity contribution >= 4 is 17.8 Å². The number of nitriles is 1. The van der Waals surface area contributed by atoms with Crippen LogP contribution in [0.5, 0.6) is 0 Å². The lowest BCUT2D eigenvalue weighted by molar-refractivity contribution is -0.130. The summed E-state index contributed by atoms with van der Waals surface area (Å²) in [5.41, 5.74) is 0.399. The van der Waals surface area contributed by atoms with Crippen LogP contribution in [0, 0.1) is 25.2 Å². The van der Waals surface area contributed by atoms with Crippen molar-refractivity contribution in [1.29, 1.82) is 5.26 Å². The minimum Gasteiger partial charge on any atom is -0.462 e. The van der Waals surface area contributed by atoms with Crippen molar-refractivity contribution in [3.63, 3.8) is 0 Å². The first-order valence-electron chi connectivity index (χ1n) is 9.55. The quantitative estimate of drug-likeness (QED) is 0.722. The normalized spacial score (nSPS) is 16.5. The predicted octanol–water partition coefficient (Wildman–Crippen LogP) is 2.70. The van der Waals surface area contributed by atoms with Crippen LogP contribution in [0.25, 0.3) is 0 Å². The summed E-state index contributed by atoms with van der Waals surface area (Å²) in [4.78, 5) is 39.9. The molecule has 0 radical (unpaired) electrons. The van der Waals surface area contributed by atoms with E-state index in [2.05, 4.69) is 16.4 Å². The van der Waals surface area contributed by atoms with Crippen LogP contribution in [0.4, 0.5) is 0 Å². The van der Waals surface area contributed by atoms with Gasteiger partial charge in [-0.2, -0.15) is 5.26 Å². The molecule has 1 aromatic heterocycles. The van der Waals surface area contributed by atoms with Crippen molar-refractivity contribution in [2.45, 2.75) is 71.4 Å². The average molecular weight is 389 g/mol. The number of aromatic nitrogens is 1. The number of nitrogens with zero attached hydrogens (tertiary/aromatic N) is 1. The summed E-state index contributed by atoms with van der Waals surface area (Å²) in [7, 11) is 0. The van der Waals surface area contributed by atoms with Gasteiger partial charge in [-0.1, -0.05) is 19.3 Å². The monoisotopic (exact) mass is 389 g/mol. The fourth-order valence-corrected chi connectivity index (χ4v) is 3.49. The highest BCUT2D eigenvalue weighted by Crippen LogP contribution is 2.28.